The van der Waals surface area contributed by atoms with Gasteiger partial charge in [0.15, 0.2) is 0 Å². The van der Waals surface area contributed by atoms with Gasteiger partial charge in [-0.3, -0.25) is 4.79 Å². The molecule has 76 valence electrons. The van der Waals surface area contributed by atoms with E-state index in [9.17, 15) is 9.18 Å². The van der Waals surface area contributed by atoms with E-state index in [1.165, 1.54) is 31.2 Å². The molecule has 1 rings (SSSR count). The standard InChI is InChI=1S/C10H12FNO2/c1-10(12,9(13)14)6-7-2-4-8(11)5-3-7/h2-5H,6,12H2,1H3,(H,13,14)/t10-/m1/s1. The molecule has 0 amide bonds. The van der Waals surface area contributed by atoms with Crippen LogP contribution in [0.4, 0.5) is 4.39 Å². The summed E-state index contributed by atoms with van der Waals surface area (Å²) in [7, 11) is 0. The van der Waals surface area contributed by atoms with Crippen LogP contribution in [0.15, 0.2) is 24.3 Å². The number of carboxylic acids is 1. The van der Waals surface area contributed by atoms with Crippen molar-refractivity contribution in [3.63, 3.8) is 0 Å². The van der Waals surface area contributed by atoms with E-state index in [1.54, 1.807) is 0 Å². The highest BCUT2D eigenvalue weighted by atomic mass is 19.1. The molecule has 0 spiro atoms. The Labute approximate surface area is 81.4 Å². The van der Waals surface area contributed by atoms with E-state index in [-0.39, 0.29) is 12.2 Å². The van der Waals surface area contributed by atoms with Gasteiger partial charge in [0.2, 0.25) is 0 Å². The van der Waals surface area contributed by atoms with Gasteiger partial charge in [-0.2, -0.15) is 0 Å². The third-order valence-electron chi connectivity index (χ3n) is 1.97. The predicted molar refractivity (Wildman–Crippen MR) is 50.3 cm³/mol. The molecule has 0 saturated heterocycles. The van der Waals surface area contributed by atoms with Gasteiger partial charge < -0.3 is 10.8 Å². The van der Waals surface area contributed by atoms with Gasteiger partial charge in [0.05, 0.1) is 0 Å². The number of hydrogen-bond donors (Lipinski definition) is 2. The Hall–Kier alpha value is -1.42. The van der Waals surface area contributed by atoms with E-state index in [1.807, 2.05) is 0 Å². The van der Waals surface area contributed by atoms with E-state index in [0.29, 0.717) is 5.56 Å². The third kappa shape index (κ3) is 2.53. The quantitative estimate of drug-likeness (QED) is 0.764. The Balaban J connectivity index is 2.79. The average Bonchev–Trinajstić information content (AvgIpc) is 2.08. The molecule has 0 saturated carbocycles. The van der Waals surface area contributed by atoms with Crippen LogP contribution in [-0.4, -0.2) is 16.6 Å². The van der Waals surface area contributed by atoms with Gasteiger partial charge in [0.25, 0.3) is 0 Å². The number of halogens is 1. The van der Waals surface area contributed by atoms with Crippen LogP contribution in [0.25, 0.3) is 0 Å². The average molecular weight is 197 g/mol. The maximum atomic E-state index is 12.5. The lowest BCUT2D eigenvalue weighted by Crippen LogP contribution is -2.46. The number of carboxylic acid groups (broad SMARTS) is 1. The minimum absolute atomic E-state index is 0.183. The van der Waals surface area contributed by atoms with Gasteiger partial charge in [-0.1, -0.05) is 12.1 Å². The van der Waals surface area contributed by atoms with Crippen LogP contribution in [0.2, 0.25) is 0 Å². The highest BCUT2D eigenvalue weighted by Gasteiger charge is 2.27. The van der Waals surface area contributed by atoms with Gasteiger partial charge in [-0.05, 0) is 24.6 Å². The van der Waals surface area contributed by atoms with Crippen LogP contribution in [0.3, 0.4) is 0 Å². The Kier molecular flexibility index (Phi) is 2.86. The fourth-order valence-electron chi connectivity index (χ4n) is 1.10. The first-order valence-electron chi connectivity index (χ1n) is 4.18. The molecule has 1 aromatic rings. The van der Waals surface area contributed by atoms with Gasteiger partial charge in [-0.25, -0.2) is 4.39 Å². The topological polar surface area (TPSA) is 63.3 Å². The van der Waals surface area contributed by atoms with Gasteiger partial charge in [0.1, 0.15) is 11.4 Å². The SMILES string of the molecule is C[C@@](N)(Cc1ccc(F)cc1)C(=O)O. The molecule has 0 aliphatic rings. The molecule has 0 unspecified atom stereocenters. The second-order valence-electron chi connectivity index (χ2n) is 3.53. The van der Waals surface area contributed by atoms with E-state index in [4.69, 9.17) is 10.8 Å². The van der Waals surface area contributed by atoms with Crippen LogP contribution >= 0.6 is 0 Å². The first kappa shape index (κ1) is 10.7. The van der Waals surface area contributed by atoms with Crippen LogP contribution in [0.1, 0.15) is 12.5 Å². The molecule has 1 atom stereocenters. The Morgan fingerprint density at radius 2 is 2.00 bits per heavy atom. The molecule has 3 N–H and O–H groups in total. The second kappa shape index (κ2) is 3.75. The van der Waals surface area contributed by atoms with Crippen molar-refractivity contribution in [2.75, 3.05) is 0 Å². The zero-order chi connectivity index (χ0) is 10.8. The summed E-state index contributed by atoms with van der Waals surface area (Å²) in [5, 5.41) is 8.76. The number of aliphatic carboxylic acids is 1. The van der Waals surface area contributed by atoms with Gasteiger partial charge >= 0.3 is 5.97 Å². The fourth-order valence-corrected chi connectivity index (χ4v) is 1.10. The summed E-state index contributed by atoms with van der Waals surface area (Å²) in [6, 6.07) is 5.63. The molecule has 0 fully saturated rings. The second-order valence-corrected chi connectivity index (χ2v) is 3.53. The van der Waals surface area contributed by atoms with Crippen molar-refractivity contribution in [2.24, 2.45) is 5.73 Å². The van der Waals surface area contributed by atoms with Gasteiger partial charge in [-0.15, -0.1) is 0 Å². The lowest BCUT2D eigenvalue weighted by Gasteiger charge is -2.18. The normalized spacial score (nSPS) is 14.8. The van der Waals surface area contributed by atoms with Crippen LogP contribution in [0.5, 0.6) is 0 Å². The van der Waals surface area contributed by atoms with Crippen LogP contribution < -0.4 is 5.73 Å². The monoisotopic (exact) mass is 197 g/mol. The largest absolute Gasteiger partial charge is 0.480 e. The summed E-state index contributed by atoms with van der Waals surface area (Å²) in [4.78, 5) is 10.7. The molecule has 1 aromatic carbocycles. The van der Waals surface area contributed by atoms with E-state index in [0.717, 1.165) is 0 Å². The molecule has 3 nitrogen and oxygen atoms in total. The van der Waals surface area contributed by atoms with E-state index in [2.05, 4.69) is 0 Å². The Morgan fingerprint density at radius 3 is 2.43 bits per heavy atom. The van der Waals surface area contributed by atoms with Crippen molar-refractivity contribution >= 4 is 5.97 Å². The fraction of sp³-hybridized carbons (Fsp3) is 0.300. The molecule has 4 heteroatoms. The molecule has 0 heterocycles. The Bertz CT molecular complexity index is 332. The third-order valence-corrected chi connectivity index (χ3v) is 1.97. The highest BCUT2D eigenvalue weighted by molar-refractivity contribution is 5.78. The molecule has 0 radical (unpaired) electrons. The lowest BCUT2D eigenvalue weighted by atomic mass is 9.94. The van der Waals surface area contributed by atoms with Crippen molar-refractivity contribution in [3.05, 3.63) is 35.6 Å². The van der Waals surface area contributed by atoms with Crippen molar-refractivity contribution < 1.29 is 14.3 Å². The van der Waals surface area contributed by atoms with Crippen LogP contribution in [-0.2, 0) is 11.2 Å². The molecule has 0 aliphatic heterocycles. The smallest absolute Gasteiger partial charge is 0.323 e. The first-order chi connectivity index (χ1) is 6.42. The zero-order valence-corrected chi connectivity index (χ0v) is 7.83. The predicted octanol–water partition coefficient (Wildman–Crippen LogP) is 1.17. The highest BCUT2D eigenvalue weighted by Crippen LogP contribution is 2.11. The Morgan fingerprint density at radius 1 is 1.50 bits per heavy atom. The first-order valence-corrected chi connectivity index (χ1v) is 4.18. The molecule has 0 aromatic heterocycles. The molecule has 14 heavy (non-hydrogen) atoms. The molecular formula is C10H12FNO2. The summed E-state index contributed by atoms with van der Waals surface area (Å²) >= 11 is 0. The van der Waals surface area contributed by atoms with E-state index < -0.39 is 11.5 Å². The van der Waals surface area contributed by atoms with Crippen molar-refractivity contribution in [1.82, 2.24) is 0 Å². The minimum atomic E-state index is -1.31. The number of hydrogen-bond acceptors (Lipinski definition) is 2. The summed E-state index contributed by atoms with van der Waals surface area (Å²) in [6.07, 6.45) is 0.183. The summed E-state index contributed by atoms with van der Waals surface area (Å²) < 4.78 is 12.5. The maximum absolute atomic E-state index is 12.5. The number of nitrogens with two attached hydrogens (primary N) is 1. The summed E-state index contributed by atoms with van der Waals surface area (Å²) in [5.41, 5.74) is 4.94. The maximum Gasteiger partial charge on any atom is 0.323 e. The molecule has 0 bridgehead atoms. The van der Waals surface area contributed by atoms with E-state index >= 15 is 0 Å². The van der Waals surface area contributed by atoms with Crippen molar-refractivity contribution in [2.45, 2.75) is 18.9 Å². The number of carbonyl (C=O) groups is 1. The number of rotatable bonds is 3. The summed E-state index contributed by atoms with van der Waals surface area (Å²) in [5.74, 6) is -1.41. The van der Waals surface area contributed by atoms with Crippen molar-refractivity contribution in [3.8, 4) is 0 Å². The van der Waals surface area contributed by atoms with Crippen LogP contribution in [0, 0.1) is 5.82 Å². The number of benzene rings is 1. The molecule has 0 aliphatic carbocycles. The van der Waals surface area contributed by atoms with Gasteiger partial charge in [0, 0.05) is 6.42 Å². The lowest BCUT2D eigenvalue weighted by molar-refractivity contribution is -0.142. The summed E-state index contributed by atoms with van der Waals surface area (Å²) in [6.45, 7) is 1.43. The zero-order valence-electron chi connectivity index (χ0n) is 7.83. The molecular weight excluding hydrogens is 185 g/mol. The minimum Gasteiger partial charge on any atom is -0.480 e. The van der Waals surface area contributed by atoms with Crippen molar-refractivity contribution in [1.29, 1.82) is 0 Å².